The number of nitrogens with zero attached hydrogens (tertiary/aromatic N) is 3. The van der Waals surface area contributed by atoms with Crippen LogP contribution in [0.1, 0.15) is 28.9 Å². The van der Waals surface area contributed by atoms with E-state index in [9.17, 15) is 4.79 Å². The van der Waals surface area contributed by atoms with E-state index in [1.165, 1.54) is 5.56 Å². The number of carbonyl (C=O) groups is 1. The molecule has 0 aliphatic carbocycles. The molecular weight excluding hydrogens is 276 g/mol. The Kier molecular flexibility index (Phi) is 4.74. The van der Waals surface area contributed by atoms with E-state index in [2.05, 4.69) is 34.2 Å². The van der Waals surface area contributed by atoms with Gasteiger partial charge in [0.1, 0.15) is 6.42 Å². The van der Waals surface area contributed by atoms with Gasteiger partial charge in [-0.05, 0) is 38.5 Å². The number of rotatable bonds is 4. The van der Waals surface area contributed by atoms with Crippen molar-refractivity contribution in [1.29, 1.82) is 5.26 Å². The summed E-state index contributed by atoms with van der Waals surface area (Å²) in [7, 11) is 0. The molecule has 1 N–H and O–H groups in total. The maximum Gasteiger partial charge on any atom is 0.254 e. The number of nitrogens with one attached hydrogen (secondary N) is 1. The number of aryl methyl sites for hydroxylation is 2. The van der Waals surface area contributed by atoms with Gasteiger partial charge < -0.3 is 4.57 Å². The van der Waals surface area contributed by atoms with Crippen LogP contribution in [-0.4, -0.2) is 16.7 Å². The van der Waals surface area contributed by atoms with Crippen molar-refractivity contribution in [2.75, 3.05) is 0 Å². The molecular formula is C17H18N4O. The van der Waals surface area contributed by atoms with Gasteiger partial charge >= 0.3 is 0 Å². The molecule has 1 amide bonds. The smallest absolute Gasteiger partial charge is 0.254 e. The molecule has 1 heterocycles. The molecule has 0 saturated heterocycles. The van der Waals surface area contributed by atoms with E-state index >= 15 is 0 Å². The molecule has 0 fully saturated rings. The highest BCUT2D eigenvalue weighted by Gasteiger charge is 2.10. The minimum absolute atomic E-state index is 0.195. The zero-order valence-electron chi connectivity index (χ0n) is 12.9. The molecule has 112 valence electrons. The summed E-state index contributed by atoms with van der Waals surface area (Å²) in [5.41, 5.74) is 7.73. The molecule has 1 aromatic carbocycles. The third kappa shape index (κ3) is 3.23. The summed E-state index contributed by atoms with van der Waals surface area (Å²) in [6, 6.07) is 12.0. The van der Waals surface area contributed by atoms with E-state index in [0.717, 1.165) is 22.6 Å². The van der Waals surface area contributed by atoms with E-state index in [1.807, 2.05) is 32.0 Å². The van der Waals surface area contributed by atoms with Crippen LogP contribution in [0.3, 0.4) is 0 Å². The Labute approximate surface area is 129 Å². The largest absolute Gasteiger partial charge is 0.318 e. The molecule has 0 bridgehead atoms. The van der Waals surface area contributed by atoms with Gasteiger partial charge in [0.25, 0.3) is 5.91 Å². The molecule has 0 spiro atoms. The Morgan fingerprint density at radius 3 is 2.77 bits per heavy atom. The number of para-hydroxylation sites is 1. The molecule has 22 heavy (non-hydrogen) atoms. The fraction of sp³-hybridized carbons (Fsp3) is 0.235. The van der Waals surface area contributed by atoms with Crippen molar-refractivity contribution in [1.82, 2.24) is 9.99 Å². The Morgan fingerprint density at radius 1 is 1.36 bits per heavy atom. The highest BCUT2D eigenvalue weighted by Crippen LogP contribution is 2.22. The number of aromatic nitrogens is 1. The summed E-state index contributed by atoms with van der Waals surface area (Å²) < 4.78 is 2.16. The van der Waals surface area contributed by atoms with Crippen LogP contribution in [0.25, 0.3) is 5.69 Å². The van der Waals surface area contributed by atoms with E-state index < -0.39 is 5.91 Å². The molecule has 2 aromatic rings. The van der Waals surface area contributed by atoms with E-state index in [-0.39, 0.29) is 6.42 Å². The lowest BCUT2D eigenvalue weighted by molar-refractivity contribution is -0.120. The Balaban J connectivity index is 2.29. The Morgan fingerprint density at radius 2 is 2.09 bits per heavy atom. The zero-order chi connectivity index (χ0) is 16.1. The van der Waals surface area contributed by atoms with Gasteiger partial charge in [0.15, 0.2) is 0 Å². The number of amides is 1. The SMILES string of the molecule is Cc1ccccc1-n1c(C)cc(/C=N/NC(=O)CC#N)c1C. The fourth-order valence-electron chi connectivity index (χ4n) is 2.39. The van der Waals surface area contributed by atoms with Crippen LogP contribution < -0.4 is 5.43 Å². The lowest BCUT2D eigenvalue weighted by Crippen LogP contribution is -2.16. The second-order valence-electron chi connectivity index (χ2n) is 5.08. The van der Waals surface area contributed by atoms with Gasteiger partial charge in [0.2, 0.25) is 0 Å². The first-order valence-corrected chi connectivity index (χ1v) is 6.98. The minimum Gasteiger partial charge on any atom is -0.318 e. The number of hydrazone groups is 1. The standard InChI is InChI=1S/C17H18N4O/c1-12-6-4-5-7-16(12)21-13(2)10-15(14(21)3)11-19-20-17(22)8-9-18/h4-7,10-11H,8H2,1-3H3,(H,20,22)/b19-11+. The van der Waals surface area contributed by atoms with E-state index in [4.69, 9.17) is 5.26 Å². The van der Waals surface area contributed by atoms with Crippen molar-refractivity contribution in [2.45, 2.75) is 27.2 Å². The summed E-state index contributed by atoms with van der Waals surface area (Å²) in [6.45, 7) is 6.12. The molecule has 5 nitrogen and oxygen atoms in total. The van der Waals surface area contributed by atoms with Crippen LogP contribution in [0.4, 0.5) is 0 Å². The summed E-state index contributed by atoms with van der Waals surface area (Å²) in [4.78, 5) is 11.2. The third-order valence-corrected chi connectivity index (χ3v) is 3.46. The van der Waals surface area contributed by atoms with Crippen molar-refractivity contribution < 1.29 is 4.79 Å². The third-order valence-electron chi connectivity index (χ3n) is 3.46. The topological polar surface area (TPSA) is 70.2 Å². The quantitative estimate of drug-likeness (QED) is 0.695. The monoisotopic (exact) mass is 294 g/mol. The number of hydrogen-bond acceptors (Lipinski definition) is 3. The molecule has 0 radical (unpaired) electrons. The molecule has 0 saturated carbocycles. The molecule has 0 aliphatic rings. The zero-order valence-corrected chi connectivity index (χ0v) is 12.9. The van der Waals surface area contributed by atoms with Crippen LogP contribution in [-0.2, 0) is 4.79 Å². The first-order chi connectivity index (χ1) is 10.5. The summed E-state index contributed by atoms with van der Waals surface area (Å²) in [6.07, 6.45) is 1.41. The second-order valence-corrected chi connectivity index (χ2v) is 5.08. The van der Waals surface area contributed by atoms with E-state index in [1.54, 1.807) is 12.3 Å². The van der Waals surface area contributed by atoms with Crippen LogP contribution in [0, 0.1) is 32.1 Å². The van der Waals surface area contributed by atoms with Crippen molar-refractivity contribution in [2.24, 2.45) is 5.10 Å². The Hall–Kier alpha value is -2.87. The van der Waals surface area contributed by atoms with Crippen molar-refractivity contribution in [3.05, 3.63) is 52.8 Å². The lowest BCUT2D eigenvalue weighted by atomic mass is 10.2. The van der Waals surface area contributed by atoms with Crippen molar-refractivity contribution in [3.63, 3.8) is 0 Å². The van der Waals surface area contributed by atoms with Gasteiger partial charge in [-0.25, -0.2) is 5.43 Å². The van der Waals surface area contributed by atoms with Crippen molar-refractivity contribution in [3.8, 4) is 11.8 Å². The van der Waals surface area contributed by atoms with Gasteiger partial charge in [-0.2, -0.15) is 10.4 Å². The predicted octanol–water partition coefficient (Wildman–Crippen LogP) is 2.77. The van der Waals surface area contributed by atoms with Crippen molar-refractivity contribution >= 4 is 12.1 Å². The highest BCUT2D eigenvalue weighted by molar-refractivity contribution is 5.84. The van der Waals surface area contributed by atoms with Gasteiger partial charge in [-0.3, -0.25) is 4.79 Å². The average molecular weight is 294 g/mol. The van der Waals surface area contributed by atoms with Gasteiger partial charge in [0.05, 0.1) is 12.3 Å². The lowest BCUT2D eigenvalue weighted by Gasteiger charge is -2.12. The number of benzene rings is 1. The van der Waals surface area contributed by atoms with Crippen LogP contribution in [0.5, 0.6) is 0 Å². The van der Waals surface area contributed by atoms with Gasteiger partial charge in [0, 0.05) is 22.6 Å². The summed E-state index contributed by atoms with van der Waals surface area (Å²) >= 11 is 0. The highest BCUT2D eigenvalue weighted by atomic mass is 16.2. The molecule has 0 atom stereocenters. The normalized spacial score (nSPS) is 10.6. The van der Waals surface area contributed by atoms with Crippen LogP contribution >= 0.6 is 0 Å². The van der Waals surface area contributed by atoms with E-state index in [0.29, 0.717) is 0 Å². The maximum absolute atomic E-state index is 11.2. The van der Waals surface area contributed by atoms with Crippen LogP contribution in [0.15, 0.2) is 35.4 Å². The number of carbonyl (C=O) groups excluding carboxylic acids is 1. The van der Waals surface area contributed by atoms with Gasteiger partial charge in [-0.15, -0.1) is 0 Å². The first-order valence-electron chi connectivity index (χ1n) is 6.98. The average Bonchev–Trinajstić information content (AvgIpc) is 2.75. The maximum atomic E-state index is 11.2. The molecule has 2 rings (SSSR count). The van der Waals surface area contributed by atoms with Crippen LogP contribution in [0.2, 0.25) is 0 Å². The first kappa shape index (κ1) is 15.5. The molecule has 0 aliphatic heterocycles. The predicted molar refractivity (Wildman–Crippen MR) is 85.9 cm³/mol. The summed E-state index contributed by atoms with van der Waals surface area (Å²) in [5, 5.41) is 12.3. The number of nitriles is 1. The second kappa shape index (κ2) is 6.72. The number of hydrogen-bond donors (Lipinski definition) is 1. The Bertz CT molecular complexity index is 765. The fourth-order valence-corrected chi connectivity index (χ4v) is 2.39. The molecule has 1 aromatic heterocycles. The van der Waals surface area contributed by atoms with Gasteiger partial charge in [-0.1, -0.05) is 18.2 Å². The molecule has 5 heteroatoms. The minimum atomic E-state index is -0.411. The summed E-state index contributed by atoms with van der Waals surface area (Å²) in [5.74, 6) is -0.411. The molecule has 0 unspecified atom stereocenters.